The highest BCUT2D eigenvalue weighted by Crippen LogP contribution is 2.38. The minimum absolute atomic E-state index is 0.249. The fraction of sp³-hybridized carbons (Fsp3) is 0.500. The van der Waals surface area contributed by atoms with Gasteiger partial charge in [-0.05, 0) is 50.3 Å². The molecule has 1 aliphatic carbocycles. The monoisotopic (exact) mass is 214 g/mol. The van der Waals surface area contributed by atoms with Crippen LogP contribution in [0, 0.1) is 18.3 Å². The molecule has 0 spiro atoms. The zero-order chi connectivity index (χ0) is 11.6. The van der Waals surface area contributed by atoms with Gasteiger partial charge in [0.2, 0.25) is 0 Å². The van der Waals surface area contributed by atoms with Crippen LogP contribution < -0.4 is 5.32 Å². The van der Waals surface area contributed by atoms with Crippen LogP contribution in [0.15, 0.2) is 18.2 Å². The maximum atomic E-state index is 9.08. The molecule has 0 amide bonds. The Morgan fingerprint density at radius 3 is 2.69 bits per heavy atom. The predicted octanol–water partition coefficient (Wildman–Crippen LogP) is 3.61. The van der Waals surface area contributed by atoms with Crippen molar-refractivity contribution in [3.8, 4) is 6.07 Å². The summed E-state index contributed by atoms with van der Waals surface area (Å²) < 4.78 is 0. The van der Waals surface area contributed by atoms with E-state index in [1.54, 1.807) is 0 Å². The lowest BCUT2D eigenvalue weighted by atomic mass is 9.74. The Morgan fingerprint density at radius 1 is 1.44 bits per heavy atom. The summed E-state index contributed by atoms with van der Waals surface area (Å²) in [5.41, 5.74) is 3.21. The first-order valence-corrected chi connectivity index (χ1v) is 5.98. The second kappa shape index (κ2) is 4.17. The van der Waals surface area contributed by atoms with E-state index in [9.17, 15) is 0 Å². The molecular weight excluding hydrogens is 196 g/mol. The first-order valence-electron chi connectivity index (χ1n) is 5.98. The molecular formula is C14H18N2. The second-order valence-corrected chi connectivity index (χ2v) is 4.77. The molecule has 0 aliphatic heterocycles. The van der Waals surface area contributed by atoms with Crippen molar-refractivity contribution in [1.29, 1.82) is 5.26 Å². The van der Waals surface area contributed by atoms with E-state index < -0.39 is 0 Å². The lowest BCUT2D eigenvalue weighted by Crippen LogP contribution is -2.44. The fourth-order valence-corrected chi connectivity index (χ4v) is 2.32. The van der Waals surface area contributed by atoms with Crippen LogP contribution in [0.3, 0.4) is 0 Å². The largest absolute Gasteiger partial charge is 0.379 e. The SMILES string of the molecule is CCC1(Nc2cc(C)ccc2C#N)CCC1. The van der Waals surface area contributed by atoms with Crippen LogP contribution in [0.25, 0.3) is 0 Å². The van der Waals surface area contributed by atoms with Gasteiger partial charge in [0.15, 0.2) is 0 Å². The van der Waals surface area contributed by atoms with Crippen molar-refractivity contribution in [2.24, 2.45) is 0 Å². The van der Waals surface area contributed by atoms with Crippen LogP contribution in [-0.4, -0.2) is 5.54 Å². The Morgan fingerprint density at radius 2 is 2.19 bits per heavy atom. The maximum absolute atomic E-state index is 9.08. The van der Waals surface area contributed by atoms with Gasteiger partial charge in [0.05, 0.1) is 11.3 Å². The zero-order valence-electron chi connectivity index (χ0n) is 10.0. The standard InChI is InChI=1S/C14H18N2/c1-3-14(7-4-8-14)16-13-9-11(2)5-6-12(13)10-15/h5-6,9,16H,3-4,7-8H2,1-2H3. The summed E-state index contributed by atoms with van der Waals surface area (Å²) in [6, 6.07) is 8.22. The predicted molar refractivity (Wildman–Crippen MR) is 66.4 cm³/mol. The molecule has 2 rings (SSSR count). The number of nitrogens with one attached hydrogen (secondary N) is 1. The third kappa shape index (κ3) is 1.90. The number of aryl methyl sites for hydroxylation is 1. The molecule has 1 aromatic rings. The summed E-state index contributed by atoms with van der Waals surface area (Å²) >= 11 is 0. The molecule has 0 bridgehead atoms. The minimum Gasteiger partial charge on any atom is -0.379 e. The van der Waals surface area contributed by atoms with Crippen molar-refractivity contribution in [1.82, 2.24) is 0 Å². The van der Waals surface area contributed by atoms with Gasteiger partial charge in [-0.1, -0.05) is 13.0 Å². The Labute approximate surface area is 97.3 Å². The molecule has 0 radical (unpaired) electrons. The smallest absolute Gasteiger partial charge is 0.101 e. The Kier molecular flexibility index (Phi) is 2.87. The van der Waals surface area contributed by atoms with Crippen LogP contribution in [0.1, 0.15) is 43.7 Å². The topological polar surface area (TPSA) is 35.8 Å². The summed E-state index contributed by atoms with van der Waals surface area (Å²) in [6.45, 7) is 4.28. The van der Waals surface area contributed by atoms with Gasteiger partial charge >= 0.3 is 0 Å². The summed E-state index contributed by atoms with van der Waals surface area (Å²) in [4.78, 5) is 0. The number of hydrogen-bond acceptors (Lipinski definition) is 2. The van der Waals surface area contributed by atoms with E-state index in [2.05, 4.69) is 31.3 Å². The fourth-order valence-electron chi connectivity index (χ4n) is 2.32. The summed E-state index contributed by atoms with van der Waals surface area (Å²) in [7, 11) is 0. The summed E-state index contributed by atoms with van der Waals surface area (Å²) in [5, 5.41) is 12.7. The van der Waals surface area contributed by atoms with E-state index in [0.717, 1.165) is 17.7 Å². The van der Waals surface area contributed by atoms with Crippen molar-refractivity contribution >= 4 is 5.69 Å². The average molecular weight is 214 g/mol. The first-order chi connectivity index (χ1) is 7.69. The zero-order valence-corrected chi connectivity index (χ0v) is 10.0. The minimum atomic E-state index is 0.249. The van der Waals surface area contributed by atoms with Gasteiger partial charge < -0.3 is 5.32 Å². The molecule has 1 saturated carbocycles. The van der Waals surface area contributed by atoms with Crippen LogP contribution in [0.2, 0.25) is 0 Å². The molecule has 0 heterocycles. The van der Waals surface area contributed by atoms with E-state index in [1.165, 1.54) is 24.8 Å². The number of nitriles is 1. The third-order valence-corrected chi connectivity index (χ3v) is 3.68. The average Bonchev–Trinajstić information content (AvgIpc) is 2.24. The van der Waals surface area contributed by atoms with Crippen LogP contribution in [0.4, 0.5) is 5.69 Å². The van der Waals surface area contributed by atoms with Gasteiger partial charge in [0, 0.05) is 5.54 Å². The molecule has 0 saturated heterocycles. The van der Waals surface area contributed by atoms with Crippen molar-refractivity contribution in [3.63, 3.8) is 0 Å². The van der Waals surface area contributed by atoms with E-state index in [4.69, 9.17) is 5.26 Å². The van der Waals surface area contributed by atoms with Crippen LogP contribution in [0.5, 0.6) is 0 Å². The van der Waals surface area contributed by atoms with Gasteiger partial charge in [0.1, 0.15) is 6.07 Å². The van der Waals surface area contributed by atoms with Gasteiger partial charge in [-0.2, -0.15) is 5.26 Å². The first kappa shape index (κ1) is 11.0. The molecule has 1 fully saturated rings. The van der Waals surface area contributed by atoms with Crippen LogP contribution >= 0.6 is 0 Å². The quantitative estimate of drug-likeness (QED) is 0.834. The van der Waals surface area contributed by atoms with Crippen molar-refractivity contribution < 1.29 is 0 Å². The van der Waals surface area contributed by atoms with E-state index in [-0.39, 0.29) is 5.54 Å². The number of anilines is 1. The molecule has 84 valence electrons. The highest BCUT2D eigenvalue weighted by Gasteiger charge is 2.35. The van der Waals surface area contributed by atoms with Gasteiger partial charge in [-0.3, -0.25) is 0 Å². The Hall–Kier alpha value is -1.49. The molecule has 1 N–H and O–H groups in total. The van der Waals surface area contributed by atoms with Gasteiger partial charge in [-0.15, -0.1) is 0 Å². The lowest BCUT2D eigenvalue weighted by Gasteiger charge is -2.43. The third-order valence-electron chi connectivity index (χ3n) is 3.68. The van der Waals surface area contributed by atoms with Gasteiger partial charge in [0.25, 0.3) is 0 Å². The lowest BCUT2D eigenvalue weighted by molar-refractivity contribution is 0.269. The van der Waals surface area contributed by atoms with E-state index in [0.29, 0.717) is 0 Å². The van der Waals surface area contributed by atoms with Crippen molar-refractivity contribution in [2.45, 2.75) is 45.1 Å². The Balaban J connectivity index is 2.26. The number of benzene rings is 1. The molecule has 16 heavy (non-hydrogen) atoms. The number of nitrogens with zero attached hydrogens (tertiary/aromatic N) is 1. The van der Waals surface area contributed by atoms with E-state index in [1.807, 2.05) is 12.1 Å². The molecule has 0 atom stereocenters. The summed E-state index contributed by atoms with van der Waals surface area (Å²) in [5.74, 6) is 0. The number of rotatable bonds is 3. The van der Waals surface area contributed by atoms with Crippen molar-refractivity contribution in [3.05, 3.63) is 29.3 Å². The molecule has 2 heteroatoms. The van der Waals surface area contributed by atoms with E-state index >= 15 is 0 Å². The molecule has 0 aromatic heterocycles. The molecule has 1 aromatic carbocycles. The second-order valence-electron chi connectivity index (χ2n) is 4.77. The highest BCUT2D eigenvalue weighted by atomic mass is 15.0. The highest BCUT2D eigenvalue weighted by molar-refractivity contribution is 5.60. The number of hydrogen-bond donors (Lipinski definition) is 1. The van der Waals surface area contributed by atoms with Crippen molar-refractivity contribution in [2.75, 3.05) is 5.32 Å². The van der Waals surface area contributed by atoms with Crippen LogP contribution in [-0.2, 0) is 0 Å². The van der Waals surface area contributed by atoms with Gasteiger partial charge in [-0.25, -0.2) is 0 Å². The molecule has 1 aliphatic rings. The normalized spacial score (nSPS) is 17.3. The molecule has 2 nitrogen and oxygen atoms in total. The maximum Gasteiger partial charge on any atom is 0.101 e. The molecule has 0 unspecified atom stereocenters. The Bertz CT molecular complexity index is 419. The summed E-state index contributed by atoms with van der Waals surface area (Å²) in [6.07, 6.45) is 4.88.